The van der Waals surface area contributed by atoms with Crippen LogP contribution in [0.1, 0.15) is 16.8 Å². The predicted octanol–water partition coefficient (Wildman–Crippen LogP) is 4.12. The Labute approximate surface area is 151 Å². The summed E-state index contributed by atoms with van der Waals surface area (Å²) in [5, 5.41) is 2.43. The molecule has 1 atom stereocenters. The van der Waals surface area contributed by atoms with Crippen molar-refractivity contribution in [3.05, 3.63) is 48.2 Å². The number of aromatic nitrogens is 1. The first-order valence-electron chi connectivity index (χ1n) is 7.78. The van der Waals surface area contributed by atoms with Gasteiger partial charge in [0.25, 0.3) is 5.91 Å². The molecule has 1 amide bonds. The molecule has 3 rings (SSSR count). The fourth-order valence-corrected chi connectivity index (χ4v) is 3.49. The molecule has 26 heavy (non-hydrogen) atoms. The molecule has 0 aliphatic carbocycles. The minimum absolute atomic E-state index is 0.0395. The quantitative estimate of drug-likeness (QED) is 0.841. The Balaban J connectivity index is 1.79. The third-order valence-corrected chi connectivity index (χ3v) is 4.67. The Morgan fingerprint density at radius 2 is 2.04 bits per heavy atom. The lowest BCUT2D eigenvalue weighted by Crippen LogP contribution is -2.21. The van der Waals surface area contributed by atoms with Gasteiger partial charge in [-0.3, -0.25) is 4.79 Å². The fourth-order valence-electron chi connectivity index (χ4n) is 2.39. The lowest BCUT2D eigenvalue weighted by atomic mass is 10.2. The minimum Gasteiger partial charge on any atom is -0.473 e. The predicted molar refractivity (Wildman–Crippen MR) is 91.7 cm³/mol. The normalized spacial score (nSPS) is 17.0. The number of ether oxygens (including phenoxy) is 2. The molecule has 0 spiro atoms. The Bertz CT molecular complexity index is 780. The second-order valence-electron chi connectivity index (χ2n) is 5.46. The summed E-state index contributed by atoms with van der Waals surface area (Å²) in [6.07, 6.45) is -2.55. The third-order valence-electron chi connectivity index (χ3n) is 3.54. The van der Waals surface area contributed by atoms with Crippen LogP contribution >= 0.6 is 11.8 Å². The molecule has 1 aliphatic rings. The first kappa shape index (κ1) is 18.4. The average molecular weight is 384 g/mol. The zero-order valence-corrected chi connectivity index (χ0v) is 14.3. The van der Waals surface area contributed by atoms with Gasteiger partial charge in [-0.05, 0) is 36.4 Å². The molecule has 5 nitrogen and oxygen atoms in total. The van der Waals surface area contributed by atoms with Crippen molar-refractivity contribution in [2.75, 3.05) is 16.8 Å². The van der Waals surface area contributed by atoms with Crippen LogP contribution in [0.3, 0.4) is 0 Å². The number of nitrogens with zero attached hydrogens (tertiary/aromatic N) is 1. The van der Waals surface area contributed by atoms with Crippen LogP contribution in [0, 0.1) is 0 Å². The van der Waals surface area contributed by atoms with Crippen LogP contribution in [0.5, 0.6) is 11.6 Å². The lowest BCUT2D eigenvalue weighted by Gasteiger charge is -2.16. The van der Waals surface area contributed by atoms with E-state index < -0.39 is 18.0 Å². The van der Waals surface area contributed by atoms with E-state index in [2.05, 4.69) is 15.0 Å². The molecule has 0 unspecified atom stereocenters. The molecule has 1 saturated heterocycles. The van der Waals surface area contributed by atoms with E-state index in [1.165, 1.54) is 30.5 Å². The maximum absolute atomic E-state index is 12.6. The lowest BCUT2D eigenvalue weighted by molar-refractivity contribution is -0.274. The maximum Gasteiger partial charge on any atom is 0.573 e. The summed E-state index contributed by atoms with van der Waals surface area (Å²) < 4.78 is 47.2. The van der Waals surface area contributed by atoms with Crippen LogP contribution in [-0.2, 0) is 0 Å². The molecule has 1 N–H and O–H groups in total. The van der Waals surface area contributed by atoms with Gasteiger partial charge >= 0.3 is 6.36 Å². The SMILES string of the molecule is O=C(Nc1ccccc1OC(F)(F)F)c1cccnc1O[C@@H]1CCSC1. The minimum atomic E-state index is -4.86. The topological polar surface area (TPSA) is 60.5 Å². The van der Waals surface area contributed by atoms with Gasteiger partial charge in [0, 0.05) is 11.9 Å². The monoisotopic (exact) mass is 384 g/mol. The van der Waals surface area contributed by atoms with Gasteiger partial charge in [-0.15, -0.1) is 13.2 Å². The average Bonchev–Trinajstić information content (AvgIpc) is 3.09. The van der Waals surface area contributed by atoms with Gasteiger partial charge in [0.15, 0.2) is 5.75 Å². The second kappa shape index (κ2) is 7.86. The molecule has 1 fully saturated rings. The highest BCUT2D eigenvalue weighted by Gasteiger charge is 2.32. The number of alkyl halides is 3. The molecule has 0 bridgehead atoms. The van der Waals surface area contributed by atoms with Crippen molar-refractivity contribution in [3.8, 4) is 11.6 Å². The van der Waals surface area contributed by atoms with Crippen molar-refractivity contribution < 1.29 is 27.4 Å². The number of nitrogens with one attached hydrogen (secondary N) is 1. The highest BCUT2D eigenvalue weighted by atomic mass is 32.2. The van der Waals surface area contributed by atoms with E-state index in [0.717, 1.165) is 24.0 Å². The Morgan fingerprint density at radius 3 is 2.77 bits per heavy atom. The number of hydrogen-bond acceptors (Lipinski definition) is 5. The number of hydrogen-bond donors (Lipinski definition) is 1. The van der Waals surface area contributed by atoms with E-state index in [9.17, 15) is 18.0 Å². The number of carbonyl (C=O) groups is 1. The van der Waals surface area contributed by atoms with Gasteiger partial charge in [-0.25, -0.2) is 4.98 Å². The molecular formula is C17H15F3N2O3S. The Morgan fingerprint density at radius 1 is 1.23 bits per heavy atom. The molecule has 1 aromatic carbocycles. The number of halogens is 3. The standard InChI is InChI=1S/C17H15F3N2O3S/c18-17(19,20)25-14-6-2-1-5-13(14)22-15(23)12-4-3-8-21-16(12)24-11-7-9-26-10-11/h1-6,8,11H,7,9-10H2,(H,22,23)/t11-/m1/s1. The number of amides is 1. The van der Waals surface area contributed by atoms with Crippen LogP contribution < -0.4 is 14.8 Å². The van der Waals surface area contributed by atoms with Gasteiger partial charge in [0.2, 0.25) is 5.88 Å². The molecule has 138 valence electrons. The summed E-state index contributed by atoms with van der Waals surface area (Å²) in [7, 11) is 0. The van der Waals surface area contributed by atoms with Crippen molar-refractivity contribution in [2.24, 2.45) is 0 Å². The van der Waals surface area contributed by atoms with Crippen LogP contribution in [0.25, 0.3) is 0 Å². The number of pyridine rings is 1. The van der Waals surface area contributed by atoms with E-state index in [-0.39, 0.29) is 23.2 Å². The Hall–Kier alpha value is -2.42. The van der Waals surface area contributed by atoms with E-state index in [0.29, 0.717) is 0 Å². The van der Waals surface area contributed by atoms with Crippen LogP contribution in [0.15, 0.2) is 42.6 Å². The second-order valence-corrected chi connectivity index (χ2v) is 6.61. The Kier molecular flexibility index (Phi) is 5.55. The molecule has 1 aliphatic heterocycles. The van der Waals surface area contributed by atoms with E-state index in [1.807, 2.05) is 0 Å². The fraction of sp³-hybridized carbons (Fsp3) is 0.294. The van der Waals surface area contributed by atoms with Gasteiger partial charge in [0.1, 0.15) is 11.7 Å². The number of carbonyl (C=O) groups excluding carboxylic acids is 1. The molecule has 1 aromatic heterocycles. The summed E-state index contributed by atoms with van der Waals surface area (Å²) in [5.41, 5.74) is 0.0484. The zero-order chi connectivity index (χ0) is 18.6. The van der Waals surface area contributed by atoms with Crippen LogP contribution in [-0.4, -0.2) is 34.9 Å². The number of thioether (sulfide) groups is 1. The summed E-state index contributed by atoms with van der Waals surface area (Å²) in [6, 6.07) is 8.39. The van der Waals surface area contributed by atoms with Crippen molar-refractivity contribution in [1.29, 1.82) is 0 Å². The van der Waals surface area contributed by atoms with Crippen LogP contribution in [0.4, 0.5) is 18.9 Å². The molecule has 9 heteroatoms. The first-order chi connectivity index (χ1) is 12.4. The number of benzene rings is 1. The van der Waals surface area contributed by atoms with Gasteiger partial charge < -0.3 is 14.8 Å². The van der Waals surface area contributed by atoms with Gasteiger partial charge in [-0.2, -0.15) is 11.8 Å². The zero-order valence-electron chi connectivity index (χ0n) is 13.5. The van der Waals surface area contributed by atoms with Gasteiger partial charge in [-0.1, -0.05) is 12.1 Å². The highest BCUT2D eigenvalue weighted by Crippen LogP contribution is 2.31. The number of anilines is 1. The molecular weight excluding hydrogens is 369 g/mol. The summed E-state index contributed by atoms with van der Waals surface area (Å²) in [4.78, 5) is 16.6. The van der Waals surface area contributed by atoms with Crippen molar-refractivity contribution >= 4 is 23.4 Å². The molecule has 2 heterocycles. The van der Waals surface area contributed by atoms with Crippen molar-refractivity contribution in [2.45, 2.75) is 18.9 Å². The number of rotatable bonds is 5. The molecule has 0 saturated carbocycles. The molecule has 2 aromatic rings. The summed E-state index contributed by atoms with van der Waals surface area (Å²) in [5.74, 6) is 0.816. The number of para-hydroxylation sites is 2. The summed E-state index contributed by atoms with van der Waals surface area (Å²) >= 11 is 1.75. The summed E-state index contributed by atoms with van der Waals surface area (Å²) in [6.45, 7) is 0. The largest absolute Gasteiger partial charge is 0.573 e. The van der Waals surface area contributed by atoms with Gasteiger partial charge in [0.05, 0.1) is 5.69 Å². The molecule has 0 radical (unpaired) electrons. The van der Waals surface area contributed by atoms with E-state index in [1.54, 1.807) is 17.8 Å². The maximum atomic E-state index is 12.6. The van der Waals surface area contributed by atoms with Crippen molar-refractivity contribution in [1.82, 2.24) is 4.98 Å². The van der Waals surface area contributed by atoms with Crippen molar-refractivity contribution in [3.63, 3.8) is 0 Å². The third kappa shape index (κ3) is 4.81. The highest BCUT2D eigenvalue weighted by molar-refractivity contribution is 7.99. The first-order valence-corrected chi connectivity index (χ1v) is 8.93. The van der Waals surface area contributed by atoms with Crippen LogP contribution in [0.2, 0.25) is 0 Å². The van der Waals surface area contributed by atoms with E-state index in [4.69, 9.17) is 4.74 Å². The smallest absolute Gasteiger partial charge is 0.473 e. The van der Waals surface area contributed by atoms with E-state index >= 15 is 0 Å².